The van der Waals surface area contributed by atoms with E-state index in [1.165, 1.54) is 0 Å². The van der Waals surface area contributed by atoms with E-state index in [-0.39, 0.29) is 24.2 Å². The zero-order chi connectivity index (χ0) is 38.4. The molecule has 3 aromatic carbocycles. The van der Waals surface area contributed by atoms with E-state index in [2.05, 4.69) is 16.0 Å². The van der Waals surface area contributed by atoms with Crippen molar-refractivity contribution in [2.75, 3.05) is 20.1 Å². The van der Waals surface area contributed by atoms with Gasteiger partial charge in [-0.1, -0.05) is 93.1 Å². The van der Waals surface area contributed by atoms with Gasteiger partial charge in [0, 0.05) is 25.0 Å². The Hall–Kier alpha value is -4.41. The Morgan fingerprint density at radius 3 is 2.00 bits per heavy atom. The lowest BCUT2D eigenvalue weighted by atomic mass is 9.87. The molecular formula is C43H60N4O6. The van der Waals surface area contributed by atoms with Gasteiger partial charge in [0.05, 0.1) is 12.1 Å². The highest BCUT2D eigenvalue weighted by molar-refractivity contribution is 5.89. The quantitative estimate of drug-likeness (QED) is 0.133. The van der Waals surface area contributed by atoms with Crippen LogP contribution in [0, 0.1) is 11.8 Å². The average Bonchev–Trinajstić information content (AvgIpc) is 3.15. The smallest absolute Gasteiger partial charge is 0.407 e. The summed E-state index contributed by atoms with van der Waals surface area (Å²) in [5.74, 6) is -0.496. The molecule has 5 atom stereocenters. The predicted octanol–water partition coefficient (Wildman–Crippen LogP) is 6.05. The maximum Gasteiger partial charge on any atom is 0.407 e. The van der Waals surface area contributed by atoms with Crippen molar-refractivity contribution < 1.29 is 29.0 Å². The Labute approximate surface area is 316 Å². The van der Waals surface area contributed by atoms with E-state index in [0.717, 1.165) is 29.5 Å². The van der Waals surface area contributed by atoms with Crippen molar-refractivity contribution in [1.29, 1.82) is 0 Å². The predicted molar refractivity (Wildman–Crippen MR) is 208 cm³/mol. The fourth-order valence-electron chi connectivity index (χ4n) is 6.64. The number of hydrogen-bond acceptors (Lipinski definition) is 7. The van der Waals surface area contributed by atoms with Crippen molar-refractivity contribution in [2.24, 2.45) is 11.8 Å². The van der Waals surface area contributed by atoms with E-state index < -0.39 is 35.8 Å². The van der Waals surface area contributed by atoms with Gasteiger partial charge in [-0.2, -0.15) is 0 Å². The summed E-state index contributed by atoms with van der Waals surface area (Å²) in [5, 5.41) is 21.2. The molecule has 1 fully saturated rings. The number of piperidine rings is 1. The van der Waals surface area contributed by atoms with Crippen molar-refractivity contribution in [2.45, 2.75) is 110 Å². The number of carbonyl (C=O) groups excluding carboxylic acids is 3. The molecule has 10 nitrogen and oxygen atoms in total. The van der Waals surface area contributed by atoms with E-state index in [0.29, 0.717) is 50.8 Å². The molecule has 0 aliphatic carbocycles. The average molecular weight is 729 g/mol. The van der Waals surface area contributed by atoms with Crippen LogP contribution in [0.1, 0.15) is 77.0 Å². The summed E-state index contributed by atoms with van der Waals surface area (Å²) in [5.41, 5.74) is 2.13. The number of amides is 3. The fraction of sp³-hybridized carbons (Fsp3) is 0.512. The molecule has 53 heavy (non-hydrogen) atoms. The molecule has 10 heteroatoms. The van der Waals surface area contributed by atoms with Crippen LogP contribution in [0.25, 0.3) is 0 Å². The third-order valence-corrected chi connectivity index (χ3v) is 10.0. The standard InChI is InChI=1S/C43H60N4O6/c1-7-30(2)39(41(50)47-24-22-35(44-6)23-25-47)46-40(49)34(26-32-18-20-36(21-19-32)52-29-33-16-12-9-13-17-33)28-38(48)37(27-31-14-10-8-11-15-31)45-42(51)53-43(3,4)5/h8-21,30,34-35,37-39,44,48H,7,22-29H2,1-6H3,(H,45,51)(H,46,49)/t30-,34-,37-,38+,39-/m0/s1. The number of nitrogens with one attached hydrogen (secondary N) is 3. The molecule has 0 bridgehead atoms. The van der Waals surface area contributed by atoms with E-state index in [1.807, 2.05) is 111 Å². The number of nitrogens with zero attached hydrogens (tertiary/aromatic N) is 1. The molecule has 0 saturated carbocycles. The highest BCUT2D eigenvalue weighted by Crippen LogP contribution is 2.23. The lowest BCUT2D eigenvalue weighted by Gasteiger charge is -2.36. The third-order valence-electron chi connectivity index (χ3n) is 10.0. The minimum Gasteiger partial charge on any atom is -0.489 e. The van der Waals surface area contributed by atoms with Gasteiger partial charge in [0.25, 0.3) is 0 Å². The molecule has 3 aromatic rings. The van der Waals surface area contributed by atoms with Crippen LogP contribution in [0.2, 0.25) is 0 Å². The summed E-state index contributed by atoms with van der Waals surface area (Å²) < 4.78 is 11.5. The number of ether oxygens (including phenoxy) is 2. The van der Waals surface area contributed by atoms with Crippen LogP contribution >= 0.6 is 0 Å². The van der Waals surface area contributed by atoms with Crippen molar-refractivity contribution in [1.82, 2.24) is 20.9 Å². The second-order valence-electron chi connectivity index (χ2n) is 15.3. The third kappa shape index (κ3) is 13.5. The molecule has 0 unspecified atom stereocenters. The molecule has 288 valence electrons. The van der Waals surface area contributed by atoms with Crippen LogP contribution in [-0.4, -0.2) is 77.9 Å². The number of alkyl carbamates (subject to hydrolysis) is 1. The van der Waals surface area contributed by atoms with Crippen LogP contribution in [0.3, 0.4) is 0 Å². The number of rotatable bonds is 17. The van der Waals surface area contributed by atoms with Crippen molar-refractivity contribution in [3.05, 3.63) is 102 Å². The first-order valence-electron chi connectivity index (χ1n) is 19.1. The van der Waals surface area contributed by atoms with Gasteiger partial charge in [-0.3, -0.25) is 9.59 Å². The molecular weight excluding hydrogens is 668 g/mol. The van der Waals surface area contributed by atoms with E-state index >= 15 is 0 Å². The topological polar surface area (TPSA) is 129 Å². The number of carbonyl (C=O) groups is 3. The Kier molecular flexibility index (Phi) is 15.7. The van der Waals surface area contributed by atoms with Gasteiger partial charge in [-0.15, -0.1) is 0 Å². The molecule has 1 aliphatic heterocycles. The highest BCUT2D eigenvalue weighted by Gasteiger charge is 2.35. The van der Waals surface area contributed by atoms with Crippen LogP contribution < -0.4 is 20.7 Å². The minimum atomic E-state index is -1.11. The van der Waals surface area contributed by atoms with Crippen LogP contribution in [0.5, 0.6) is 5.75 Å². The highest BCUT2D eigenvalue weighted by atomic mass is 16.6. The number of likely N-dealkylation sites (tertiary alicyclic amines) is 1. The first-order chi connectivity index (χ1) is 25.3. The molecule has 1 heterocycles. The normalized spacial score (nSPS) is 16.5. The van der Waals surface area contributed by atoms with Gasteiger partial charge < -0.3 is 35.4 Å². The van der Waals surface area contributed by atoms with Gasteiger partial charge in [-0.05, 0) is 94.7 Å². The number of benzene rings is 3. The maximum absolute atomic E-state index is 14.4. The summed E-state index contributed by atoms with van der Waals surface area (Å²) in [6.07, 6.45) is 1.36. The number of hydrogen-bond donors (Lipinski definition) is 4. The lowest BCUT2D eigenvalue weighted by Crippen LogP contribution is -2.56. The molecule has 4 rings (SSSR count). The summed E-state index contributed by atoms with van der Waals surface area (Å²) in [6.45, 7) is 11.0. The summed E-state index contributed by atoms with van der Waals surface area (Å²) in [7, 11) is 1.94. The van der Waals surface area contributed by atoms with Crippen LogP contribution in [0.4, 0.5) is 4.79 Å². The lowest BCUT2D eigenvalue weighted by molar-refractivity contribution is -0.140. The second-order valence-corrected chi connectivity index (χ2v) is 15.3. The molecule has 1 saturated heterocycles. The van der Waals surface area contributed by atoms with Crippen molar-refractivity contribution in [3.8, 4) is 5.75 Å². The Balaban J connectivity index is 1.57. The molecule has 3 amide bonds. The fourth-order valence-corrected chi connectivity index (χ4v) is 6.64. The first-order valence-corrected chi connectivity index (χ1v) is 19.1. The second kappa shape index (κ2) is 20.2. The zero-order valence-electron chi connectivity index (χ0n) is 32.3. The summed E-state index contributed by atoms with van der Waals surface area (Å²) >= 11 is 0. The van der Waals surface area contributed by atoms with Gasteiger partial charge in [0.15, 0.2) is 0 Å². The van der Waals surface area contributed by atoms with Gasteiger partial charge >= 0.3 is 6.09 Å². The largest absolute Gasteiger partial charge is 0.489 e. The van der Waals surface area contributed by atoms with E-state index in [1.54, 1.807) is 20.8 Å². The Morgan fingerprint density at radius 1 is 0.849 bits per heavy atom. The van der Waals surface area contributed by atoms with E-state index in [4.69, 9.17) is 9.47 Å². The van der Waals surface area contributed by atoms with Crippen LogP contribution in [0.15, 0.2) is 84.9 Å². The maximum atomic E-state index is 14.4. The SMILES string of the molecule is CC[C@H](C)[C@H](NC(=O)[C@@H](Cc1ccc(OCc2ccccc2)cc1)C[C@@H](O)[C@H](Cc1ccccc1)NC(=O)OC(C)(C)C)C(=O)N1CCC(NC)CC1. The Bertz CT molecular complexity index is 1560. The molecule has 4 N–H and O–H groups in total. The molecule has 1 aliphatic rings. The van der Waals surface area contributed by atoms with E-state index in [9.17, 15) is 19.5 Å². The Morgan fingerprint density at radius 2 is 1.43 bits per heavy atom. The van der Waals surface area contributed by atoms with Crippen molar-refractivity contribution >= 4 is 17.9 Å². The number of aliphatic hydroxyl groups is 1. The molecule has 0 radical (unpaired) electrons. The molecule has 0 spiro atoms. The van der Waals surface area contributed by atoms with Gasteiger partial charge in [-0.25, -0.2) is 4.79 Å². The van der Waals surface area contributed by atoms with Gasteiger partial charge in [0.2, 0.25) is 11.8 Å². The van der Waals surface area contributed by atoms with Gasteiger partial charge in [0.1, 0.15) is 24.0 Å². The molecule has 0 aromatic heterocycles. The summed E-state index contributed by atoms with van der Waals surface area (Å²) in [4.78, 5) is 43.2. The first kappa shape index (κ1) is 41.3. The van der Waals surface area contributed by atoms with Crippen molar-refractivity contribution in [3.63, 3.8) is 0 Å². The zero-order valence-corrected chi connectivity index (χ0v) is 32.3. The monoisotopic (exact) mass is 728 g/mol. The minimum absolute atomic E-state index is 0.0420. The van der Waals surface area contributed by atoms with Crippen LogP contribution in [-0.2, 0) is 33.8 Å². The number of aliphatic hydroxyl groups excluding tert-OH is 1. The summed E-state index contributed by atoms with van der Waals surface area (Å²) in [6, 6.07) is 26.1.